The van der Waals surface area contributed by atoms with E-state index in [1.165, 1.54) is 12.8 Å². The molecule has 24 heavy (non-hydrogen) atoms. The summed E-state index contributed by atoms with van der Waals surface area (Å²) in [7, 11) is 1.59. The number of methoxy groups -OCH3 is 1. The van der Waals surface area contributed by atoms with Gasteiger partial charge in [0.2, 0.25) is 5.91 Å². The van der Waals surface area contributed by atoms with E-state index in [1.807, 2.05) is 17.0 Å². The number of carbonyl (C=O) groups is 1. The minimum Gasteiger partial charge on any atom is -0.495 e. The Kier molecular flexibility index (Phi) is 3.59. The molecule has 0 saturated heterocycles. The van der Waals surface area contributed by atoms with Gasteiger partial charge in [0, 0.05) is 11.6 Å². The molecule has 1 saturated carbocycles. The van der Waals surface area contributed by atoms with Gasteiger partial charge in [0.05, 0.1) is 36.8 Å². The summed E-state index contributed by atoms with van der Waals surface area (Å²) in [6.45, 7) is 0. The van der Waals surface area contributed by atoms with Crippen molar-refractivity contribution >= 4 is 17.4 Å². The number of aromatic nitrogens is 2. The lowest BCUT2D eigenvalue weighted by Crippen LogP contribution is -2.36. The maximum atomic E-state index is 12.4. The Morgan fingerprint density at radius 1 is 1.29 bits per heavy atom. The number of hydrogen-bond acceptors (Lipinski definition) is 5. The molecule has 1 aliphatic heterocycles. The van der Waals surface area contributed by atoms with Crippen LogP contribution in [-0.4, -0.2) is 29.0 Å². The van der Waals surface area contributed by atoms with Gasteiger partial charge in [-0.2, -0.15) is 0 Å². The highest BCUT2D eigenvalue weighted by molar-refractivity contribution is 6.00. The van der Waals surface area contributed by atoms with Crippen molar-refractivity contribution in [2.75, 3.05) is 17.7 Å². The molecule has 0 bridgehead atoms. The molecule has 124 valence electrons. The van der Waals surface area contributed by atoms with E-state index in [9.17, 15) is 4.79 Å². The molecular formula is C18H20N4O2. The van der Waals surface area contributed by atoms with Crippen LogP contribution in [0.25, 0.3) is 11.3 Å². The van der Waals surface area contributed by atoms with Crippen LogP contribution in [0.2, 0.25) is 0 Å². The molecular weight excluding hydrogens is 304 g/mol. The second-order valence-corrected chi connectivity index (χ2v) is 6.36. The van der Waals surface area contributed by atoms with Crippen molar-refractivity contribution in [2.45, 2.75) is 38.1 Å². The van der Waals surface area contributed by atoms with Crippen molar-refractivity contribution in [3.63, 3.8) is 0 Å². The Morgan fingerprint density at radius 2 is 2.08 bits per heavy atom. The first-order valence-electron chi connectivity index (χ1n) is 8.29. The Hall–Kier alpha value is -2.63. The standard InChI is InChI=1S/C18H20N4O2/c1-24-16-8-11(6-7-13(16)19)15-10-20-14-9-17(23)22(18(14)21-15)12-4-2-3-5-12/h6-8,10,12H,2-5,9,19H2,1H3. The van der Waals surface area contributed by atoms with Crippen molar-refractivity contribution in [3.05, 3.63) is 30.1 Å². The van der Waals surface area contributed by atoms with E-state index in [0.29, 0.717) is 17.9 Å². The van der Waals surface area contributed by atoms with Crippen LogP contribution in [0.5, 0.6) is 5.75 Å². The Labute approximate surface area is 140 Å². The van der Waals surface area contributed by atoms with Gasteiger partial charge in [-0.15, -0.1) is 0 Å². The second-order valence-electron chi connectivity index (χ2n) is 6.36. The third kappa shape index (κ3) is 2.38. The summed E-state index contributed by atoms with van der Waals surface area (Å²) < 4.78 is 5.28. The van der Waals surface area contributed by atoms with Gasteiger partial charge in [0.1, 0.15) is 5.75 Å². The number of anilines is 2. The highest BCUT2D eigenvalue weighted by atomic mass is 16.5. The molecule has 0 atom stereocenters. The van der Waals surface area contributed by atoms with Gasteiger partial charge in [0.25, 0.3) is 0 Å². The third-order valence-corrected chi connectivity index (χ3v) is 4.86. The topological polar surface area (TPSA) is 81.3 Å². The quantitative estimate of drug-likeness (QED) is 0.878. The van der Waals surface area contributed by atoms with Crippen LogP contribution in [0.15, 0.2) is 24.4 Å². The van der Waals surface area contributed by atoms with Gasteiger partial charge >= 0.3 is 0 Å². The molecule has 1 amide bonds. The number of nitrogens with zero attached hydrogens (tertiary/aromatic N) is 3. The van der Waals surface area contributed by atoms with Gasteiger partial charge in [-0.3, -0.25) is 14.7 Å². The molecule has 1 aromatic heterocycles. The number of amides is 1. The van der Waals surface area contributed by atoms with E-state index in [-0.39, 0.29) is 11.9 Å². The zero-order chi connectivity index (χ0) is 16.7. The van der Waals surface area contributed by atoms with Gasteiger partial charge in [-0.25, -0.2) is 4.98 Å². The van der Waals surface area contributed by atoms with Crippen LogP contribution in [0.1, 0.15) is 31.4 Å². The predicted molar refractivity (Wildman–Crippen MR) is 91.9 cm³/mol. The summed E-state index contributed by atoms with van der Waals surface area (Å²) in [5, 5.41) is 0. The molecule has 6 heteroatoms. The predicted octanol–water partition coefficient (Wildman–Crippen LogP) is 2.57. The molecule has 2 aliphatic rings. The SMILES string of the molecule is COc1cc(-c2cnc3c(n2)N(C2CCCC2)C(=O)C3)ccc1N. The highest BCUT2D eigenvalue weighted by Crippen LogP contribution is 2.35. The fourth-order valence-corrected chi connectivity index (χ4v) is 3.62. The minimum atomic E-state index is 0.115. The number of rotatable bonds is 3. The van der Waals surface area contributed by atoms with E-state index in [1.54, 1.807) is 19.4 Å². The smallest absolute Gasteiger partial charge is 0.234 e. The largest absolute Gasteiger partial charge is 0.495 e. The average molecular weight is 324 g/mol. The number of hydrogen-bond donors (Lipinski definition) is 1. The van der Waals surface area contributed by atoms with E-state index < -0.39 is 0 Å². The van der Waals surface area contributed by atoms with Crippen molar-refractivity contribution < 1.29 is 9.53 Å². The Balaban J connectivity index is 1.74. The van der Waals surface area contributed by atoms with Crippen LogP contribution >= 0.6 is 0 Å². The normalized spacial score (nSPS) is 17.4. The molecule has 2 N–H and O–H groups in total. The molecule has 2 heterocycles. The van der Waals surface area contributed by atoms with E-state index in [4.69, 9.17) is 15.5 Å². The zero-order valence-electron chi connectivity index (χ0n) is 13.7. The van der Waals surface area contributed by atoms with Crippen LogP contribution in [0.4, 0.5) is 11.5 Å². The number of carbonyl (C=O) groups excluding carboxylic acids is 1. The summed E-state index contributed by atoms with van der Waals surface area (Å²) in [5.74, 6) is 1.45. The molecule has 1 fully saturated rings. The third-order valence-electron chi connectivity index (χ3n) is 4.86. The summed E-state index contributed by atoms with van der Waals surface area (Å²) in [4.78, 5) is 23.5. The van der Waals surface area contributed by atoms with Crippen molar-refractivity contribution in [1.29, 1.82) is 0 Å². The lowest BCUT2D eigenvalue weighted by Gasteiger charge is -2.23. The number of benzene rings is 1. The van der Waals surface area contributed by atoms with Crippen LogP contribution in [-0.2, 0) is 11.2 Å². The van der Waals surface area contributed by atoms with Gasteiger partial charge in [0.15, 0.2) is 5.82 Å². The average Bonchev–Trinajstić information content (AvgIpc) is 3.21. The van der Waals surface area contributed by atoms with E-state index in [2.05, 4.69) is 4.98 Å². The molecule has 2 aromatic rings. The van der Waals surface area contributed by atoms with Crippen LogP contribution in [0.3, 0.4) is 0 Å². The minimum absolute atomic E-state index is 0.115. The van der Waals surface area contributed by atoms with Crippen molar-refractivity contribution in [3.8, 4) is 17.0 Å². The molecule has 1 aromatic carbocycles. The first-order chi connectivity index (χ1) is 11.7. The first-order valence-corrected chi connectivity index (χ1v) is 8.29. The Morgan fingerprint density at radius 3 is 2.83 bits per heavy atom. The molecule has 4 rings (SSSR count). The lowest BCUT2D eigenvalue weighted by molar-refractivity contribution is -0.117. The van der Waals surface area contributed by atoms with Crippen LogP contribution < -0.4 is 15.4 Å². The van der Waals surface area contributed by atoms with Gasteiger partial charge in [-0.05, 0) is 25.0 Å². The maximum absolute atomic E-state index is 12.4. The Bertz CT molecular complexity index is 800. The molecule has 0 radical (unpaired) electrons. The fourth-order valence-electron chi connectivity index (χ4n) is 3.62. The number of fused-ring (bicyclic) bond motifs is 1. The molecule has 0 unspecified atom stereocenters. The summed E-state index contributed by atoms with van der Waals surface area (Å²) in [5.41, 5.74) is 8.84. The summed E-state index contributed by atoms with van der Waals surface area (Å²) in [6.07, 6.45) is 6.51. The van der Waals surface area contributed by atoms with Crippen molar-refractivity contribution in [1.82, 2.24) is 9.97 Å². The van der Waals surface area contributed by atoms with Gasteiger partial charge in [-0.1, -0.05) is 18.9 Å². The monoisotopic (exact) mass is 324 g/mol. The maximum Gasteiger partial charge on any atom is 0.234 e. The van der Waals surface area contributed by atoms with E-state index in [0.717, 1.165) is 35.6 Å². The first kappa shape index (κ1) is 14.9. The van der Waals surface area contributed by atoms with Gasteiger partial charge < -0.3 is 10.5 Å². The molecule has 1 aliphatic carbocycles. The molecule has 0 spiro atoms. The fraction of sp³-hybridized carbons (Fsp3) is 0.389. The summed E-state index contributed by atoms with van der Waals surface area (Å²) >= 11 is 0. The lowest BCUT2D eigenvalue weighted by atomic mass is 10.1. The number of nitrogen functional groups attached to an aromatic ring is 1. The second kappa shape index (κ2) is 5.78. The highest BCUT2D eigenvalue weighted by Gasteiger charge is 2.36. The summed E-state index contributed by atoms with van der Waals surface area (Å²) in [6, 6.07) is 5.81. The number of ether oxygens (including phenoxy) is 1. The molecule has 6 nitrogen and oxygen atoms in total. The zero-order valence-corrected chi connectivity index (χ0v) is 13.7. The van der Waals surface area contributed by atoms with Crippen LogP contribution in [0, 0.1) is 0 Å². The number of nitrogens with two attached hydrogens (primary N) is 1. The van der Waals surface area contributed by atoms with Crippen molar-refractivity contribution in [2.24, 2.45) is 0 Å². The van der Waals surface area contributed by atoms with E-state index >= 15 is 0 Å².